The summed E-state index contributed by atoms with van der Waals surface area (Å²) in [6, 6.07) is 22.5. The fraction of sp³-hybridized carbons (Fsp3) is 0.387. The SMILES string of the molecule is COc1ccc(S(OS(=O)(=O)CC23CCC(CC2=O)C3(C)C)(c2ccc(C)cc2)c2ccc(OC)cc2)cc1. The van der Waals surface area contributed by atoms with Gasteiger partial charge < -0.3 is 9.47 Å². The predicted octanol–water partition coefficient (Wildman–Crippen LogP) is 6.95. The fourth-order valence-corrected chi connectivity index (χ4v) is 12.4. The average Bonchev–Trinajstić information content (AvgIpc) is 3.26. The number of ketones is 1. The van der Waals surface area contributed by atoms with E-state index in [4.69, 9.17) is 13.1 Å². The van der Waals surface area contributed by atoms with Gasteiger partial charge in [0.2, 0.25) is 0 Å². The van der Waals surface area contributed by atoms with E-state index in [2.05, 4.69) is 0 Å². The predicted molar refractivity (Wildman–Crippen MR) is 153 cm³/mol. The quantitative estimate of drug-likeness (QED) is 0.278. The Morgan fingerprint density at radius 3 is 1.64 bits per heavy atom. The van der Waals surface area contributed by atoms with Gasteiger partial charge in [0.25, 0.3) is 10.1 Å². The van der Waals surface area contributed by atoms with Gasteiger partial charge in [0.1, 0.15) is 17.3 Å². The summed E-state index contributed by atoms with van der Waals surface area (Å²) >= 11 is 0. The van der Waals surface area contributed by atoms with Crippen LogP contribution in [-0.2, 0) is 18.5 Å². The van der Waals surface area contributed by atoms with Crippen LogP contribution in [0, 0.1) is 23.7 Å². The number of hydrogen-bond acceptors (Lipinski definition) is 6. The molecule has 2 fully saturated rings. The van der Waals surface area contributed by atoms with Crippen molar-refractivity contribution in [1.29, 1.82) is 0 Å². The number of hydrogen-bond donors (Lipinski definition) is 0. The van der Waals surface area contributed by atoms with Gasteiger partial charge in [-0.3, -0.25) is 4.79 Å². The van der Waals surface area contributed by atoms with Crippen LogP contribution in [0.4, 0.5) is 0 Å². The van der Waals surface area contributed by atoms with Crippen molar-refractivity contribution < 1.29 is 26.3 Å². The minimum atomic E-state index is -4.20. The van der Waals surface area contributed by atoms with Gasteiger partial charge in [-0.25, -0.2) is 3.63 Å². The lowest BCUT2D eigenvalue weighted by Gasteiger charge is -2.41. The third-order valence-corrected chi connectivity index (χ3v) is 14.2. The van der Waals surface area contributed by atoms with E-state index in [9.17, 15) is 13.2 Å². The molecule has 3 aromatic rings. The average molecular weight is 569 g/mol. The molecule has 208 valence electrons. The number of rotatable bonds is 9. The zero-order valence-electron chi connectivity index (χ0n) is 23.1. The molecule has 0 N–H and O–H groups in total. The molecule has 3 aromatic carbocycles. The Labute approximate surface area is 233 Å². The Hall–Kier alpha value is -2.81. The normalized spacial score (nSPS) is 22.6. The van der Waals surface area contributed by atoms with E-state index in [0.29, 0.717) is 34.1 Å². The zero-order valence-corrected chi connectivity index (χ0v) is 24.7. The first kappa shape index (κ1) is 27.7. The van der Waals surface area contributed by atoms with E-state index < -0.39 is 31.3 Å². The molecule has 0 spiro atoms. The van der Waals surface area contributed by atoms with E-state index in [-0.39, 0.29) is 17.5 Å². The van der Waals surface area contributed by atoms with Crippen LogP contribution >= 0.6 is 10.3 Å². The summed E-state index contributed by atoms with van der Waals surface area (Å²) in [4.78, 5) is 15.4. The number of Topliss-reactive ketones (excluding diaryl/α,β-unsaturated/α-hetero) is 1. The molecule has 0 aliphatic heterocycles. The topological polar surface area (TPSA) is 78.9 Å². The van der Waals surface area contributed by atoms with Crippen LogP contribution in [0.2, 0.25) is 0 Å². The first-order valence-corrected chi connectivity index (χ1v) is 16.3. The van der Waals surface area contributed by atoms with Crippen molar-refractivity contribution in [3.05, 3.63) is 78.4 Å². The largest absolute Gasteiger partial charge is 0.497 e. The lowest BCUT2D eigenvalue weighted by molar-refractivity contribution is -0.128. The highest BCUT2D eigenvalue weighted by atomic mass is 32.3. The third kappa shape index (κ3) is 4.56. The van der Waals surface area contributed by atoms with E-state index in [1.165, 1.54) is 0 Å². The highest BCUT2D eigenvalue weighted by molar-refractivity contribution is 8.33. The van der Waals surface area contributed by atoms with Crippen molar-refractivity contribution in [2.45, 2.75) is 54.7 Å². The molecule has 2 bridgehead atoms. The summed E-state index contributed by atoms with van der Waals surface area (Å²) in [5, 5.41) is 0. The van der Waals surface area contributed by atoms with Crippen LogP contribution in [0.15, 0.2) is 87.5 Å². The second-order valence-electron chi connectivity index (χ2n) is 11.2. The van der Waals surface area contributed by atoms with Crippen molar-refractivity contribution in [3.8, 4) is 11.5 Å². The van der Waals surface area contributed by atoms with Gasteiger partial charge in [-0.15, -0.1) is 0 Å². The van der Waals surface area contributed by atoms with E-state index in [0.717, 1.165) is 16.9 Å². The zero-order chi connectivity index (χ0) is 28.1. The van der Waals surface area contributed by atoms with Crippen molar-refractivity contribution in [1.82, 2.24) is 0 Å². The van der Waals surface area contributed by atoms with Crippen LogP contribution in [-0.4, -0.2) is 34.2 Å². The summed E-state index contributed by atoms with van der Waals surface area (Å²) < 4.78 is 45.8. The molecule has 2 aliphatic carbocycles. The highest BCUT2D eigenvalue weighted by Crippen LogP contribution is 2.71. The molecule has 8 heteroatoms. The van der Waals surface area contributed by atoms with Crippen LogP contribution in [0.1, 0.15) is 38.7 Å². The van der Waals surface area contributed by atoms with Gasteiger partial charge in [-0.1, -0.05) is 31.5 Å². The van der Waals surface area contributed by atoms with Gasteiger partial charge in [0.15, 0.2) is 0 Å². The lowest BCUT2D eigenvalue weighted by atomic mass is 9.70. The number of carbonyl (C=O) groups is 1. The maximum atomic E-state index is 14.2. The highest BCUT2D eigenvalue weighted by Gasteiger charge is 2.65. The van der Waals surface area contributed by atoms with E-state index in [1.807, 2.05) is 93.6 Å². The van der Waals surface area contributed by atoms with Crippen molar-refractivity contribution in [2.24, 2.45) is 16.7 Å². The fourth-order valence-electron chi connectivity index (χ4n) is 6.38. The molecule has 6 nitrogen and oxygen atoms in total. The first-order valence-electron chi connectivity index (χ1n) is 13.1. The second-order valence-corrected chi connectivity index (χ2v) is 15.6. The first-order chi connectivity index (χ1) is 18.5. The monoisotopic (exact) mass is 568 g/mol. The Bertz CT molecular complexity index is 1410. The maximum absolute atomic E-state index is 14.2. The lowest BCUT2D eigenvalue weighted by Crippen LogP contribution is -2.42. The van der Waals surface area contributed by atoms with Gasteiger partial charge in [-0.2, -0.15) is 8.42 Å². The summed E-state index contributed by atoms with van der Waals surface area (Å²) in [7, 11) is -3.81. The smallest absolute Gasteiger partial charge is 0.278 e. The number of carbonyl (C=O) groups excluding carboxylic acids is 1. The molecule has 39 heavy (non-hydrogen) atoms. The van der Waals surface area contributed by atoms with E-state index >= 15 is 0 Å². The molecule has 2 unspecified atom stereocenters. The molecule has 2 aliphatic rings. The van der Waals surface area contributed by atoms with Crippen LogP contribution in [0.3, 0.4) is 0 Å². The number of ether oxygens (including phenoxy) is 2. The maximum Gasteiger partial charge on any atom is 0.278 e. The molecular weight excluding hydrogens is 532 g/mol. The number of fused-ring (bicyclic) bond motifs is 2. The van der Waals surface area contributed by atoms with Crippen LogP contribution < -0.4 is 9.47 Å². The number of aryl methyl sites for hydroxylation is 1. The molecule has 5 rings (SSSR count). The van der Waals surface area contributed by atoms with E-state index in [1.54, 1.807) is 14.2 Å². The Kier molecular flexibility index (Phi) is 7.10. The Balaban J connectivity index is 1.70. The second kappa shape index (κ2) is 9.98. The summed E-state index contributed by atoms with van der Waals surface area (Å²) in [6.45, 7) is 6.07. The standard InChI is InChI=1S/C31H36O6S2/c1-22-6-12-26(13-7-22)39(27-14-8-24(35-4)9-15-27,28-16-10-25(36-5)11-17-28)37-38(33,34)21-31-19-18-23(20-29(31)32)30(31,2)3/h6-17,23H,18-21H2,1-5H3. The van der Waals surface area contributed by atoms with Crippen molar-refractivity contribution in [3.63, 3.8) is 0 Å². The summed E-state index contributed by atoms with van der Waals surface area (Å²) in [5.41, 5.74) is -0.286. The van der Waals surface area contributed by atoms with Gasteiger partial charge >= 0.3 is 0 Å². The molecule has 0 amide bonds. The van der Waals surface area contributed by atoms with Crippen molar-refractivity contribution >= 4 is 26.2 Å². The number of methoxy groups -OCH3 is 2. The Morgan fingerprint density at radius 1 is 0.795 bits per heavy atom. The molecule has 0 heterocycles. The number of benzene rings is 3. The van der Waals surface area contributed by atoms with Crippen LogP contribution in [0.5, 0.6) is 11.5 Å². The van der Waals surface area contributed by atoms with Crippen LogP contribution in [0.25, 0.3) is 0 Å². The van der Waals surface area contributed by atoms with Gasteiger partial charge in [-0.05, 0) is 102 Å². The van der Waals surface area contributed by atoms with Gasteiger partial charge in [0, 0.05) is 21.1 Å². The molecule has 2 saturated carbocycles. The van der Waals surface area contributed by atoms with Crippen molar-refractivity contribution in [2.75, 3.05) is 20.0 Å². The molecule has 2 atom stereocenters. The molecule has 0 saturated heterocycles. The molecule has 0 radical (unpaired) electrons. The minimum absolute atomic E-state index is 0.0424. The summed E-state index contributed by atoms with van der Waals surface area (Å²) in [5.74, 6) is 1.23. The van der Waals surface area contributed by atoms with Gasteiger partial charge in [0.05, 0.1) is 25.4 Å². The molecule has 0 aromatic heterocycles. The Morgan fingerprint density at radius 2 is 1.26 bits per heavy atom. The minimum Gasteiger partial charge on any atom is -0.497 e. The molecular formula is C31H36O6S2. The summed E-state index contributed by atoms with van der Waals surface area (Å²) in [6.07, 6.45) is 1.88. The third-order valence-electron chi connectivity index (χ3n) is 8.90.